The van der Waals surface area contributed by atoms with Gasteiger partial charge in [0.05, 0.1) is 31.2 Å². The van der Waals surface area contributed by atoms with Crippen LogP contribution in [0.5, 0.6) is 11.5 Å². The summed E-state index contributed by atoms with van der Waals surface area (Å²) in [5.41, 5.74) is 3.34. The number of nitrogens with one attached hydrogen (secondary N) is 1. The lowest BCUT2D eigenvalue weighted by atomic mass is 10.2. The number of hydrogen-bond donors (Lipinski definition) is 2. The van der Waals surface area contributed by atoms with Gasteiger partial charge in [0.1, 0.15) is 12.7 Å². The second kappa shape index (κ2) is 8.88. The fraction of sp³-hybridized carbons (Fsp3) is 0.208. The Morgan fingerprint density at radius 1 is 0.833 bits per heavy atom. The van der Waals surface area contributed by atoms with Crippen molar-refractivity contribution >= 4 is 11.0 Å². The molecule has 6 heteroatoms. The van der Waals surface area contributed by atoms with E-state index in [-0.39, 0.29) is 13.2 Å². The van der Waals surface area contributed by atoms with Gasteiger partial charge in [-0.1, -0.05) is 54.6 Å². The van der Waals surface area contributed by atoms with Crippen LogP contribution in [0.15, 0.2) is 78.9 Å². The fourth-order valence-corrected chi connectivity index (χ4v) is 3.59. The molecule has 6 nitrogen and oxygen atoms in total. The van der Waals surface area contributed by atoms with Crippen LogP contribution >= 0.6 is 0 Å². The Morgan fingerprint density at radius 2 is 1.43 bits per heavy atom. The maximum Gasteiger partial charge on any atom is 0.203 e. The number of methoxy groups -OCH3 is 1. The summed E-state index contributed by atoms with van der Waals surface area (Å²) in [4.78, 5) is 0. The number of fused-ring (bicyclic) bond motifs is 1. The maximum absolute atomic E-state index is 10.6. The van der Waals surface area contributed by atoms with Crippen LogP contribution in [0.4, 0.5) is 0 Å². The Balaban J connectivity index is 1.56. The molecule has 0 unspecified atom stereocenters. The number of para-hydroxylation sites is 4. The zero-order chi connectivity index (χ0) is 20.9. The highest BCUT2D eigenvalue weighted by atomic mass is 16.5. The van der Waals surface area contributed by atoms with Gasteiger partial charge in [-0.25, -0.2) is 0 Å². The molecule has 3 aromatic carbocycles. The zero-order valence-corrected chi connectivity index (χ0v) is 16.9. The van der Waals surface area contributed by atoms with Crippen molar-refractivity contribution < 1.29 is 14.6 Å². The van der Waals surface area contributed by atoms with E-state index in [1.165, 1.54) is 0 Å². The van der Waals surface area contributed by atoms with Crippen molar-refractivity contribution in [3.63, 3.8) is 0 Å². The molecule has 0 saturated carbocycles. The molecule has 0 bridgehead atoms. The quantitative estimate of drug-likeness (QED) is 0.474. The summed E-state index contributed by atoms with van der Waals surface area (Å²) in [6, 6.07) is 25.3. The molecule has 0 amide bonds. The molecule has 30 heavy (non-hydrogen) atoms. The Bertz CT molecular complexity index is 1180. The molecule has 0 saturated heterocycles. The van der Waals surface area contributed by atoms with Gasteiger partial charge in [-0.2, -0.15) is 0 Å². The number of hydrogen-bond acceptors (Lipinski definition) is 4. The summed E-state index contributed by atoms with van der Waals surface area (Å²) in [7, 11) is 1.59. The third kappa shape index (κ3) is 4.09. The van der Waals surface area contributed by atoms with Crippen LogP contribution < -0.4 is 15.1 Å². The van der Waals surface area contributed by atoms with Crippen molar-refractivity contribution in [3.8, 4) is 11.5 Å². The molecule has 0 aliphatic rings. The standard InChI is InChI=1S/C24H25N3O3/c1-29-22-13-7-8-14-23(22)30-17-19(28)16-27-21-12-6-5-11-20(21)26(24(27)25)15-18-9-3-2-4-10-18/h2-14,19,25,28H,15-17H2,1H3/t19-/m0/s1. The molecule has 1 heterocycles. The molecule has 1 aromatic heterocycles. The van der Waals surface area contributed by atoms with Crippen LogP contribution in [-0.2, 0) is 13.1 Å². The van der Waals surface area contributed by atoms with E-state index in [1.807, 2.05) is 69.8 Å². The lowest BCUT2D eigenvalue weighted by molar-refractivity contribution is 0.0906. The van der Waals surface area contributed by atoms with Crippen molar-refractivity contribution in [2.75, 3.05) is 13.7 Å². The van der Waals surface area contributed by atoms with E-state index in [0.29, 0.717) is 23.7 Å². The molecule has 154 valence electrons. The van der Waals surface area contributed by atoms with E-state index < -0.39 is 6.10 Å². The van der Waals surface area contributed by atoms with E-state index in [4.69, 9.17) is 14.9 Å². The van der Waals surface area contributed by atoms with Gasteiger partial charge in [0.15, 0.2) is 11.5 Å². The van der Waals surface area contributed by atoms with Crippen molar-refractivity contribution in [2.24, 2.45) is 0 Å². The van der Waals surface area contributed by atoms with Gasteiger partial charge in [-0.15, -0.1) is 0 Å². The topological polar surface area (TPSA) is 72.4 Å². The monoisotopic (exact) mass is 403 g/mol. The molecule has 2 N–H and O–H groups in total. The summed E-state index contributed by atoms with van der Waals surface area (Å²) in [6.07, 6.45) is -0.778. The van der Waals surface area contributed by atoms with Crippen LogP contribution in [0.1, 0.15) is 5.56 Å². The van der Waals surface area contributed by atoms with Gasteiger partial charge in [0, 0.05) is 0 Å². The third-order valence-electron chi connectivity index (χ3n) is 5.05. The Hall–Kier alpha value is -3.51. The normalized spacial score (nSPS) is 12.1. The fourth-order valence-electron chi connectivity index (χ4n) is 3.59. The third-order valence-corrected chi connectivity index (χ3v) is 5.05. The second-order valence-corrected chi connectivity index (χ2v) is 7.11. The number of benzene rings is 3. The summed E-state index contributed by atoms with van der Waals surface area (Å²) in [5.74, 6) is 1.21. The van der Waals surface area contributed by atoms with Gasteiger partial charge in [0.2, 0.25) is 5.62 Å². The van der Waals surface area contributed by atoms with Gasteiger partial charge in [-0.3, -0.25) is 5.41 Å². The molecule has 4 aromatic rings. The van der Waals surface area contributed by atoms with E-state index in [0.717, 1.165) is 16.6 Å². The molecular formula is C24H25N3O3. The summed E-state index contributed by atoms with van der Waals surface area (Å²) >= 11 is 0. The summed E-state index contributed by atoms with van der Waals surface area (Å²) in [5, 5.41) is 19.4. The first-order chi connectivity index (χ1) is 14.7. The van der Waals surface area contributed by atoms with Crippen molar-refractivity contribution in [2.45, 2.75) is 19.2 Å². The molecule has 1 atom stereocenters. The van der Waals surface area contributed by atoms with E-state index >= 15 is 0 Å². The molecule has 0 fully saturated rings. The highest BCUT2D eigenvalue weighted by Gasteiger charge is 2.15. The summed E-state index contributed by atoms with van der Waals surface area (Å²) < 4.78 is 14.8. The van der Waals surface area contributed by atoms with E-state index in [9.17, 15) is 5.11 Å². The van der Waals surface area contributed by atoms with Gasteiger partial charge in [-0.05, 0) is 29.8 Å². The molecule has 0 aliphatic heterocycles. The Morgan fingerprint density at radius 3 is 2.13 bits per heavy atom. The van der Waals surface area contributed by atoms with Gasteiger partial charge >= 0.3 is 0 Å². The Labute approximate surface area is 175 Å². The lowest BCUT2D eigenvalue weighted by Gasteiger charge is -2.15. The number of rotatable bonds is 8. The minimum atomic E-state index is -0.778. The van der Waals surface area contributed by atoms with Crippen LogP contribution in [0.3, 0.4) is 0 Å². The molecule has 0 aliphatic carbocycles. The zero-order valence-electron chi connectivity index (χ0n) is 16.9. The predicted octanol–water partition coefficient (Wildman–Crippen LogP) is 3.42. The van der Waals surface area contributed by atoms with E-state index in [1.54, 1.807) is 13.2 Å². The molecule has 0 radical (unpaired) electrons. The van der Waals surface area contributed by atoms with Crippen LogP contribution in [0.2, 0.25) is 0 Å². The second-order valence-electron chi connectivity index (χ2n) is 7.11. The predicted molar refractivity (Wildman–Crippen MR) is 116 cm³/mol. The average Bonchev–Trinajstić information content (AvgIpc) is 3.04. The Kier molecular flexibility index (Phi) is 5.86. The lowest BCUT2D eigenvalue weighted by Crippen LogP contribution is -2.31. The first kappa shape index (κ1) is 19.8. The number of imidazole rings is 1. The van der Waals surface area contributed by atoms with E-state index in [2.05, 4.69) is 12.1 Å². The first-order valence-corrected chi connectivity index (χ1v) is 9.88. The largest absolute Gasteiger partial charge is 0.493 e. The maximum atomic E-state index is 10.6. The van der Waals surface area contributed by atoms with Crippen LogP contribution in [0, 0.1) is 5.41 Å². The molecule has 4 rings (SSSR count). The molecular weight excluding hydrogens is 378 g/mol. The van der Waals surface area contributed by atoms with Gasteiger partial charge in [0.25, 0.3) is 0 Å². The van der Waals surface area contributed by atoms with Crippen molar-refractivity contribution in [1.82, 2.24) is 9.13 Å². The van der Waals surface area contributed by atoms with Crippen molar-refractivity contribution in [1.29, 1.82) is 5.41 Å². The van der Waals surface area contributed by atoms with Crippen LogP contribution in [0.25, 0.3) is 11.0 Å². The average molecular weight is 403 g/mol. The number of aliphatic hydroxyl groups excluding tert-OH is 1. The summed E-state index contributed by atoms with van der Waals surface area (Å²) in [6.45, 7) is 0.961. The van der Waals surface area contributed by atoms with Crippen LogP contribution in [-0.4, -0.2) is 34.1 Å². The number of ether oxygens (including phenoxy) is 2. The van der Waals surface area contributed by atoms with Gasteiger partial charge < -0.3 is 23.7 Å². The number of aromatic nitrogens is 2. The first-order valence-electron chi connectivity index (χ1n) is 9.88. The number of nitrogens with zero attached hydrogens (tertiary/aromatic N) is 2. The minimum absolute atomic E-state index is 0.102. The number of aliphatic hydroxyl groups is 1. The highest BCUT2D eigenvalue weighted by molar-refractivity contribution is 5.76. The molecule has 0 spiro atoms. The highest BCUT2D eigenvalue weighted by Crippen LogP contribution is 2.26. The SMILES string of the molecule is COc1ccccc1OC[C@@H](O)Cn1c(=N)n(Cc2ccccc2)c2ccccc21. The van der Waals surface area contributed by atoms with Crippen molar-refractivity contribution in [3.05, 3.63) is 90.0 Å². The smallest absolute Gasteiger partial charge is 0.203 e. The minimum Gasteiger partial charge on any atom is -0.493 e.